The highest BCUT2D eigenvalue weighted by atomic mass is 15.2. The number of rotatable bonds is 9. The van der Waals surface area contributed by atoms with Crippen LogP contribution in [0.2, 0.25) is 0 Å². The van der Waals surface area contributed by atoms with E-state index < -0.39 is 0 Å². The SMILES string of the molecule is CCCNC(C)c1cccnc1N(CCC)CCC. The molecule has 0 saturated carbocycles. The van der Waals surface area contributed by atoms with Crippen LogP contribution in [0.1, 0.15) is 58.6 Å². The van der Waals surface area contributed by atoms with Crippen LogP contribution in [0.5, 0.6) is 0 Å². The molecule has 0 aliphatic rings. The standard InChI is InChI=1S/C16H29N3/c1-5-10-17-14(4)15-9-8-11-18-16(15)19(12-6-2)13-7-3/h8-9,11,14,17H,5-7,10,12-13H2,1-4H3. The molecule has 1 unspecified atom stereocenters. The van der Waals surface area contributed by atoms with Crippen molar-refractivity contribution in [3.8, 4) is 0 Å². The van der Waals surface area contributed by atoms with E-state index in [0.29, 0.717) is 6.04 Å². The first kappa shape index (κ1) is 16.0. The highest BCUT2D eigenvalue weighted by Gasteiger charge is 2.15. The Morgan fingerprint density at radius 1 is 1.16 bits per heavy atom. The fraction of sp³-hybridized carbons (Fsp3) is 0.688. The molecule has 0 aliphatic heterocycles. The third kappa shape index (κ3) is 4.83. The zero-order valence-corrected chi connectivity index (χ0v) is 12.9. The van der Waals surface area contributed by atoms with Crippen LogP contribution in [0.4, 0.5) is 5.82 Å². The minimum absolute atomic E-state index is 0.361. The van der Waals surface area contributed by atoms with Gasteiger partial charge in [0.05, 0.1) is 0 Å². The molecule has 1 N–H and O–H groups in total. The normalized spacial score (nSPS) is 12.4. The second kappa shape index (κ2) is 8.92. The maximum atomic E-state index is 4.63. The average molecular weight is 263 g/mol. The zero-order valence-electron chi connectivity index (χ0n) is 12.9. The van der Waals surface area contributed by atoms with Gasteiger partial charge in [0.15, 0.2) is 0 Å². The van der Waals surface area contributed by atoms with Crippen molar-refractivity contribution in [1.29, 1.82) is 0 Å². The van der Waals surface area contributed by atoms with Crippen LogP contribution < -0.4 is 10.2 Å². The topological polar surface area (TPSA) is 28.2 Å². The second-order valence-electron chi connectivity index (χ2n) is 5.08. The van der Waals surface area contributed by atoms with Crippen molar-refractivity contribution >= 4 is 5.82 Å². The molecule has 1 atom stereocenters. The van der Waals surface area contributed by atoms with Gasteiger partial charge in [0.2, 0.25) is 0 Å². The molecule has 3 nitrogen and oxygen atoms in total. The van der Waals surface area contributed by atoms with Crippen molar-refractivity contribution in [2.45, 2.75) is 53.0 Å². The van der Waals surface area contributed by atoms with Crippen LogP contribution >= 0.6 is 0 Å². The Labute approximate surface area is 118 Å². The largest absolute Gasteiger partial charge is 0.356 e. The molecule has 108 valence electrons. The van der Waals surface area contributed by atoms with Gasteiger partial charge >= 0.3 is 0 Å². The number of aromatic nitrogens is 1. The summed E-state index contributed by atoms with van der Waals surface area (Å²) in [6.07, 6.45) is 5.39. The molecule has 0 bridgehead atoms. The van der Waals surface area contributed by atoms with Gasteiger partial charge in [-0.1, -0.05) is 26.8 Å². The van der Waals surface area contributed by atoms with E-state index in [4.69, 9.17) is 0 Å². The number of hydrogen-bond acceptors (Lipinski definition) is 3. The molecule has 1 aromatic rings. The summed E-state index contributed by atoms with van der Waals surface area (Å²) in [5, 5.41) is 3.56. The lowest BCUT2D eigenvalue weighted by molar-refractivity contribution is 0.566. The molecular weight excluding hydrogens is 234 g/mol. The van der Waals surface area contributed by atoms with Crippen LogP contribution in [0.25, 0.3) is 0 Å². The van der Waals surface area contributed by atoms with Crippen LogP contribution in [0.3, 0.4) is 0 Å². The van der Waals surface area contributed by atoms with Gasteiger partial charge in [-0.2, -0.15) is 0 Å². The number of anilines is 1. The lowest BCUT2D eigenvalue weighted by atomic mass is 10.1. The lowest BCUT2D eigenvalue weighted by Crippen LogP contribution is -2.29. The van der Waals surface area contributed by atoms with Gasteiger partial charge in [0.1, 0.15) is 5.82 Å². The van der Waals surface area contributed by atoms with E-state index in [0.717, 1.165) is 44.7 Å². The van der Waals surface area contributed by atoms with Gasteiger partial charge in [-0.3, -0.25) is 0 Å². The fourth-order valence-electron chi connectivity index (χ4n) is 2.35. The van der Waals surface area contributed by atoms with E-state index in [9.17, 15) is 0 Å². The monoisotopic (exact) mass is 263 g/mol. The smallest absolute Gasteiger partial charge is 0.133 e. The Hall–Kier alpha value is -1.09. The molecule has 3 heteroatoms. The molecular formula is C16H29N3. The molecule has 19 heavy (non-hydrogen) atoms. The van der Waals surface area contributed by atoms with E-state index >= 15 is 0 Å². The minimum atomic E-state index is 0.361. The third-order valence-corrected chi connectivity index (χ3v) is 3.27. The van der Waals surface area contributed by atoms with Crippen molar-refractivity contribution in [3.05, 3.63) is 23.9 Å². The lowest BCUT2D eigenvalue weighted by Gasteiger charge is -2.27. The maximum Gasteiger partial charge on any atom is 0.133 e. The fourth-order valence-corrected chi connectivity index (χ4v) is 2.35. The number of nitrogens with zero attached hydrogens (tertiary/aromatic N) is 2. The summed E-state index contributed by atoms with van der Waals surface area (Å²) in [6, 6.07) is 4.60. The second-order valence-corrected chi connectivity index (χ2v) is 5.08. The summed E-state index contributed by atoms with van der Waals surface area (Å²) in [5.74, 6) is 1.15. The van der Waals surface area contributed by atoms with E-state index in [2.05, 4.69) is 49.0 Å². The first-order valence-corrected chi connectivity index (χ1v) is 7.67. The zero-order chi connectivity index (χ0) is 14.1. The van der Waals surface area contributed by atoms with Crippen molar-refractivity contribution in [2.24, 2.45) is 0 Å². The minimum Gasteiger partial charge on any atom is -0.356 e. The number of nitrogens with one attached hydrogen (secondary N) is 1. The van der Waals surface area contributed by atoms with Gasteiger partial charge in [-0.25, -0.2) is 4.98 Å². The molecule has 0 saturated heterocycles. The van der Waals surface area contributed by atoms with Crippen LogP contribution in [-0.4, -0.2) is 24.6 Å². The van der Waals surface area contributed by atoms with Gasteiger partial charge in [-0.05, 0) is 38.8 Å². The van der Waals surface area contributed by atoms with E-state index in [1.54, 1.807) is 0 Å². The Morgan fingerprint density at radius 2 is 1.84 bits per heavy atom. The first-order valence-electron chi connectivity index (χ1n) is 7.67. The molecule has 0 aliphatic carbocycles. The summed E-state index contributed by atoms with van der Waals surface area (Å²) >= 11 is 0. The average Bonchev–Trinajstić information content (AvgIpc) is 2.44. The van der Waals surface area contributed by atoms with Crippen molar-refractivity contribution in [2.75, 3.05) is 24.5 Å². The quantitative estimate of drug-likeness (QED) is 0.735. The summed E-state index contributed by atoms with van der Waals surface area (Å²) in [4.78, 5) is 7.05. The van der Waals surface area contributed by atoms with E-state index in [-0.39, 0.29) is 0 Å². The predicted molar refractivity (Wildman–Crippen MR) is 83.7 cm³/mol. The highest BCUT2D eigenvalue weighted by molar-refractivity contribution is 5.48. The predicted octanol–water partition coefficient (Wildman–Crippen LogP) is 3.77. The van der Waals surface area contributed by atoms with Crippen molar-refractivity contribution in [1.82, 2.24) is 10.3 Å². The van der Waals surface area contributed by atoms with Crippen molar-refractivity contribution in [3.63, 3.8) is 0 Å². The molecule has 0 aromatic carbocycles. The molecule has 0 fully saturated rings. The Kier molecular flexibility index (Phi) is 7.49. The van der Waals surface area contributed by atoms with Gasteiger partial charge in [-0.15, -0.1) is 0 Å². The van der Waals surface area contributed by atoms with Gasteiger partial charge in [0.25, 0.3) is 0 Å². The molecule has 0 spiro atoms. The number of hydrogen-bond donors (Lipinski definition) is 1. The van der Waals surface area contributed by atoms with E-state index in [1.807, 2.05) is 12.3 Å². The Morgan fingerprint density at radius 3 is 2.42 bits per heavy atom. The van der Waals surface area contributed by atoms with Gasteiger partial charge < -0.3 is 10.2 Å². The summed E-state index contributed by atoms with van der Waals surface area (Å²) in [5.41, 5.74) is 1.32. The highest BCUT2D eigenvalue weighted by Crippen LogP contribution is 2.24. The molecule has 1 heterocycles. The van der Waals surface area contributed by atoms with Crippen LogP contribution in [0.15, 0.2) is 18.3 Å². The molecule has 0 radical (unpaired) electrons. The maximum absolute atomic E-state index is 4.63. The van der Waals surface area contributed by atoms with Gasteiger partial charge in [0, 0.05) is 30.9 Å². The Bertz CT molecular complexity index is 346. The number of pyridine rings is 1. The van der Waals surface area contributed by atoms with Crippen molar-refractivity contribution < 1.29 is 0 Å². The molecule has 0 amide bonds. The van der Waals surface area contributed by atoms with Crippen LogP contribution in [0, 0.1) is 0 Å². The summed E-state index contributed by atoms with van der Waals surface area (Å²) in [7, 11) is 0. The summed E-state index contributed by atoms with van der Waals surface area (Å²) in [6.45, 7) is 12.1. The molecule has 1 rings (SSSR count). The van der Waals surface area contributed by atoms with E-state index in [1.165, 1.54) is 5.56 Å². The van der Waals surface area contributed by atoms with Crippen LogP contribution in [-0.2, 0) is 0 Å². The summed E-state index contributed by atoms with van der Waals surface area (Å²) < 4.78 is 0. The Balaban J connectivity index is 2.91. The third-order valence-electron chi connectivity index (χ3n) is 3.27. The first-order chi connectivity index (χ1) is 9.24. The molecule has 1 aromatic heterocycles.